The number of nitrogens with zero attached hydrogens (tertiary/aromatic N) is 1. The van der Waals surface area contributed by atoms with Gasteiger partial charge in [-0.1, -0.05) is 6.92 Å². The summed E-state index contributed by atoms with van der Waals surface area (Å²) in [6.45, 7) is 4.17. The molecule has 0 atom stereocenters. The number of thiophene rings is 1. The molecule has 3 nitrogen and oxygen atoms in total. The monoisotopic (exact) mass is 207 g/mol. The maximum absolute atomic E-state index is 5.48. The van der Waals surface area contributed by atoms with Gasteiger partial charge >= 0.3 is 0 Å². The van der Waals surface area contributed by atoms with Crippen LogP contribution in [0.1, 0.15) is 18.2 Å². The summed E-state index contributed by atoms with van der Waals surface area (Å²) >= 11 is 1.68. The van der Waals surface area contributed by atoms with E-state index in [4.69, 9.17) is 5.84 Å². The summed E-state index contributed by atoms with van der Waals surface area (Å²) in [5, 5.41) is 2.11. The Morgan fingerprint density at radius 2 is 2.36 bits per heavy atom. The third-order valence-corrected chi connectivity index (χ3v) is 3.39. The first-order chi connectivity index (χ1) is 6.76. The van der Waals surface area contributed by atoms with E-state index in [1.807, 2.05) is 6.07 Å². The van der Waals surface area contributed by atoms with Gasteiger partial charge < -0.3 is 5.43 Å². The number of fused-ring (bicyclic) bond motifs is 1. The van der Waals surface area contributed by atoms with Crippen molar-refractivity contribution in [2.75, 3.05) is 5.43 Å². The fourth-order valence-electron chi connectivity index (χ4n) is 1.46. The van der Waals surface area contributed by atoms with Crippen LogP contribution < -0.4 is 11.3 Å². The van der Waals surface area contributed by atoms with Gasteiger partial charge in [-0.05, 0) is 30.4 Å². The van der Waals surface area contributed by atoms with Gasteiger partial charge in [-0.2, -0.15) is 0 Å². The molecule has 0 saturated carbocycles. The molecule has 0 spiro atoms. The van der Waals surface area contributed by atoms with Crippen LogP contribution in [0.2, 0.25) is 0 Å². The predicted molar refractivity (Wildman–Crippen MR) is 61.5 cm³/mol. The first-order valence-corrected chi connectivity index (χ1v) is 5.48. The molecule has 3 N–H and O–H groups in total. The minimum Gasteiger partial charge on any atom is -0.323 e. The van der Waals surface area contributed by atoms with E-state index >= 15 is 0 Å². The molecule has 2 heterocycles. The highest BCUT2D eigenvalue weighted by molar-refractivity contribution is 7.18. The normalized spacial score (nSPS) is 10.8. The lowest BCUT2D eigenvalue weighted by molar-refractivity contribution is 1.05. The van der Waals surface area contributed by atoms with Crippen molar-refractivity contribution in [3.63, 3.8) is 0 Å². The Morgan fingerprint density at radius 1 is 1.57 bits per heavy atom. The molecule has 14 heavy (non-hydrogen) atoms. The first-order valence-electron chi connectivity index (χ1n) is 4.60. The highest BCUT2D eigenvalue weighted by Gasteiger charge is 2.07. The number of nitrogens with one attached hydrogen (secondary N) is 1. The van der Waals surface area contributed by atoms with Crippen LogP contribution in [0, 0.1) is 6.92 Å². The molecule has 74 valence electrons. The summed E-state index contributed by atoms with van der Waals surface area (Å²) in [6.07, 6.45) is 0.930. The van der Waals surface area contributed by atoms with Gasteiger partial charge in [0.05, 0.1) is 15.9 Å². The fourth-order valence-corrected chi connectivity index (χ4v) is 2.43. The average Bonchev–Trinajstić information content (AvgIpc) is 2.59. The molecule has 0 bridgehead atoms. The molecular weight excluding hydrogens is 194 g/mol. The number of hydrogen-bond acceptors (Lipinski definition) is 4. The summed E-state index contributed by atoms with van der Waals surface area (Å²) in [5.74, 6) is 5.48. The van der Waals surface area contributed by atoms with E-state index in [1.165, 1.54) is 5.56 Å². The van der Waals surface area contributed by atoms with Crippen molar-refractivity contribution in [1.82, 2.24) is 4.98 Å². The number of nitrogen functional groups attached to an aromatic ring is 1. The number of aromatic nitrogens is 1. The Morgan fingerprint density at radius 3 is 3.00 bits per heavy atom. The van der Waals surface area contributed by atoms with E-state index in [1.54, 1.807) is 11.3 Å². The van der Waals surface area contributed by atoms with Gasteiger partial charge in [0.25, 0.3) is 0 Å². The molecule has 2 aromatic rings. The number of nitrogens with two attached hydrogens (primary N) is 1. The lowest BCUT2D eigenvalue weighted by Crippen LogP contribution is -2.07. The van der Waals surface area contributed by atoms with Gasteiger partial charge in [0.1, 0.15) is 0 Å². The van der Waals surface area contributed by atoms with Crippen molar-refractivity contribution in [1.29, 1.82) is 0 Å². The molecule has 2 rings (SSSR count). The first kappa shape index (κ1) is 9.43. The molecule has 0 aliphatic carbocycles. The summed E-state index contributed by atoms with van der Waals surface area (Å²) in [5.41, 5.74) is 7.07. The zero-order chi connectivity index (χ0) is 10.1. The van der Waals surface area contributed by atoms with Gasteiger partial charge in [0.2, 0.25) is 0 Å². The van der Waals surface area contributed by atoms with Crippen molar-refractivity contribution in [3.8, 4) is 0 Å². The van der Waals surface area contributed by atoms with Gasteiger partial charge in [-0.3, -0.25) is 10.8 Å². The van der Waals surface area contributed by atoms with Crippen molar-refractivity contribution >= 4 is 27.2 Å². The van der Waals surface area contributed by atoms with Crippen LogP contribution in [-0.4, -0.2) is 4.98 Å². The molecule has 4 heteroatoms. The van der Waals surface area contributed by atoms with Gasteiger partial charge in [-0.15, -0.1) is 11.3 Å². The van der Waals surface area contributed by atoms with Crippen LogP contribution in [-0.2, 0) is 6.42 Å². The van der Waals surface area contributed by atoms with E-state index in [0.717, 1.165) is 28.0 Å². The number of aryl methyl sites for hydroxylation is 2. The maximum Gasteiger partial charge on any atom is 0.0863 e. The fraction of sp³-hybridized carbons (Fsp3) is 0.300. The topological polar surface area (TPSA) is 50.9 Å². The number of hydrogen-bond donors (Lipinski definition) is 2. The van der Waals surface area contributed by atoms with Crippen LogP contribution >= 0.6 is 11.3 Å². The molecule has 0 unspecified atom stereocenters. The van der Waals surface area contributed by atoms with Crippen LogP contribution in [0.3, 0.4) is 0 Å². The lowest BCUT2D eigenvalue weighted by Gasteiger charge is -2.04. The second-order valence-electron chi connectivity index (χ2n) is 3.26. The molecule has 0 fully saturated rings. The molecule has 0 aromatic carbocycles. The van der Waals surface area contributed by atoms with E-state index in [9.17, 15) is 0 Å². The van der Waals surface area contributed by atoms with Gasteiger partial charge in [-0.25, -0.2) is 0 Å². The maximum atomic E-state index is 5.48. The smallest absolute Gasteiger partial charge is 0.0863 e. The summed E-state index contributed by atoms with van der Waals surface area (Å²) in [7, 11) is 0. The standard InChI is InChI=1S/C10H13N3S/c1-3-7-4-8(13-11)10-9(12-7)6(2)5-14-10/h4-5H,3,11H2,1-2H3,(H,12,13). The van der Waals surface area contributed by atoms with E-state index in [0.29, 0.717) is 0 Å². The van der Waals surface area contributed by atoms with Crippen LogP contribution in [0.4, 0.5) is 5.69 Å². The van der Waals surface area contributed by atoms with Crippen molar-refractivity contribution in [3.05, 3.63) is 22.7 Å². The zero-order valence-corrected chi connectivity index (χ0v) is 9.11. The predicted octanol–water partition coefficient (Wildman–Crippen LogP) is 2.45. The van der Waals surface area contributed by atoms with E-state index < -0.39 is 0 Å². The molecule has 2 aromatic heterocycles. The number of rotatable bonds is 2. The lowest BCUT2D eigenvalue weighted by atomic mass is 10.2. The van der Waals surface area contributed by atoms with Crippen LogP contribution in [0.25, 0.3) is 10.2 Å². The van der Waals surface area contributed by atoms with Crippen molar-refractivity contribution in [2.45, 2.75) is 20.3 Å². The molecule has 0 amide bonds. The second-order valence-corrected chi connectivity index (χ2v) is 4.14. The molecule has 0 aliphatic heterocycles. The molecule has 0 aliphatic rings. The SMILES string of the molecule is CCc1cc(NN)c2scc(C)c2n1. The summed E-state index contributed by atoms with van der Waals surface area (Å²) in [6, 6.07) is 2.01. The number of anilines is 1. The zero-order valence-electron chi connectivity index (χ0n) is 8.29. The Balaban J connectivity index is 2.76. The third kappa shape index (κ3) is 1.36. The minimum absolute atomic E-state index is 0.930. The van der Waals surface area contributed by atoms with Crippen molar-refractivity contribution in [2.24, 2.45) is 5.84 Å². The van der Waals surface area contributed by atoms with Crippen molar-refractivity contribution < 1.29 is 0 Å². The van der Waals surface area contributed by atoms with E-state index in [2.05, 4.69) is 29.6 Å². The molecule has 0 radical (unpaired) electrons. The van der Waals surface area contributed by atoms with Crippen LogP contribution in [0.15, 0.2) is 11.4 Å². The number of hydrazine groups is 1. The Hall–Kier alpha value is -1.13. The third-order valence-electron chi connectivity index (χ3n) is 2.27. The van der Waals surface area contributed by atoms with Gasteiger partial charge in [0, 0.05) is 5.69 Å². The minimum atomic E-state index is 0.930. The Bertz CT molecular complexity index is 462. The van der Waals surface area contributed by atoms with Crippen LogP contribution in [0.5, 0.6) is 0 Å². The molecule has 0 saturated heterocycles. The Kier molecular flexibility index (Phi) is 2.39. The average molecular weight is 207 g/mol. The quantitative estimate of drug-likeness (QED) is 0.587. The van der Waals surface area contributed by atoms with E-state index in [-0.39, 0.29) is 0 Å². The highest BCUT2D eigenvalue weighted by Crippen LogP contribution is 2.30. The summed E-state index contributed by atoms with van der Waals surface area (Å²) in [4.78, 5) is 4.58. The Labute approximate surface area is 86.9 Å². The second kappa shape index (κ2) is 3.55. The summed E-state index contributed by atoms with van der Waals surface area (Å²) < 4.78 is 1.14. The number of pyridine rings is 1. The van der Waals surface area contributed by atoms with Gasteiger partial charge in [0.15, 0.2) is 0 Å². The largest absolute Gasteiger partial charge is 0.323 e. The highest BCUT2D eigenvalue weighted by atomic mass is 32.1. The molecular formula is C10H13N3S.